The number of carbonyl (C=O) groups is 1. The van der Waals surface area contributed by atoms with E-state index in [0.717, 1.165) is 12.3 Å². The second-order valence-corrected chi connectivity index (χ2v) is 6.93. The number of rotatable bonds is 6. The van der Waals surface area contributed by atoms with Gasteiger partial charge in [-0.25, -0.2) is 5.43 Å². The maximum absolute atomic E-state index is 11.6. The average molecular weight is 438 g/mol. The summed E-state index contributed by atoms with van der Waals surface area (Å²) < 4.78 is 41.1. The number of furan rings is 1. The zero-order valence-corrected chi connectivity index (χ0v) is 14.9. The van der Waals surface area contributed by atoms with Crippen LogP contribution in [-0.2, 0) is 14.9 Å². The highest BCUT2D eigenvalue weighted by Crippen LogP contribution is 2.27. The van der Waals surface area contributed by atoms with Crippen molar-refractivity contribution in [2.24, 2.45) is 5.10 Å². The van der Waals surface area contributed by atoms with E-state index in [1.54, 1.807) is 18.2 Å². The van der Waals surface area contributed by atoms with Crippen molar-refractivity contribution in [2.75, 3.05) is 6.61 Å². The van der Waals surface area contributed by atoms with Gasteiger partial charge in [-0.1, -0.05) is 11.6 Å². The molecule has 0 aliphatic rings. The molecule has 2 rings (SSSR count). The van der Waals surface area contributed by atoms with Crippen LogP contribution >= 0.6 is 27.5 Å². The van der Waals surface area contributed by atoms with Gasteiger partial charge in [0.05, 0.1) is 10.7 Å². The van der Waals surface area contributed by atoms with Gasteiger partial charge in [-0.05, 0) is 46.3 Å². The molecular formula is C13H10BrClN2O6S. The van der Waals surface area contributed by atoms with Gasteiger partial charge in [0.25, 0.3) is 5.91 Å². The summed E-state index contributed by atoms with van der Waals surface area (Å²) in [6.45, 7) is -0.300. The second kappa shape index (κ2) is 7.79. The first-order valence-electron chi connectivity index (χ1n) is 6.23. The van der Waals surface area contributed by atoms with Crippen LogP contribution in [0.4, 0.5) is 0 Å². The number of halogens is 2. The van der Waals surface area contributed by atoms with Crippen molar-refractivity contribution in [3.05, 3.63) is 45.6 Å². The lowest BCUT2D eigenvalue weighted by Gasteiger charge is -2.07. The Bertz CT molecular complexity index is 880. The Balaban J connectivity index is 1.85. The summed E-state index contributed by atoms with van der Waals surface area (Å²) in [6.07, 6.45) is 1.07. The summed E-state index contributed by atoms with van der Waals surface area (Å²) in [5.41, 5.74) is 2.17. The van der Waals surface area contributed by atoms with E-state index in [2.05, 4.69) is 26.5 Å². The Kier molecular flexibility index (Phi) is 5.99. The highest BCUT2D eigenvalue weighted by Gasteiger charge is 2.14. The van der Waals surface area contributed by atoms with E-state index >= 15 is 0 Å². The van der Waals surface area contributed by atoms with Crippen molar-refractivity contribution in [1.29, 1.82) is 0 Å². The monoisotopic (exact) mass is 436 g/mol. The number of amides is 1. The molecule has 0 spiro atoms. The average Bonchev–Trinajstić information content (AvgIpc) is 2.95. The van der Waals surface area contributed by atoms with E-state index in [9.17, 15) is 13.2 Å². The molecule has 1 amide bonds. The molecule has 0 unspecified atom stereocenters. The van der Waals surface area contributed by atoms with Gasteiger partial charge in [0, 0.05) is 5.02 Å². The van der Waals surface area contributed by atoms with Gasteiger partial charge in [-0.2, -0.15) is 13.5 Å². The maximum atomic E-state index is 11.6. The molecule has 0 aliphatic carbocycles. The van der Waals surface area contributed by atoms with Crippen LogP contribution < -0.4 is 10.2 Å². The fraction of sp³-hybridized carbons (Fsp3) is 0.0769. The zero-order chi connectivity index (χ0) is 17.7. The standard InChI is InChI=1S/C13H10BrClN2O6S/c14-10-5-8(15)1-3-11(10)22-7-12(18)17-16-6-9-2-4-13(23-9)24(19,20)21/h1-6H,7H2,(H,17,18)(H,19,20,21)/b16-6+. The molecule has 0 atom stereocenters. The number of hydrazone groups is 1. The highest BCUT2D eigenvalue weighted by molar-refractivity contribution is 9.10. The SMILES string of the molecule is O=C(COc1ccc(Cl)cc1Br)N/N=C/c1ccc(S(=O)(=O)O)o1. The van der Waals surface area contributed by atoms with E-state index in [1.807, 2.05) is 0 Å². The van der Waals surface area contributed by atoms with Crippen molar-refractivity contribution in [2.45, 2.75) is 5.09 Å². The first kappa shape index (κ1) is 18.5. The van der Waals surface area contributed by atoms with Gasteiger partial charge in [-0.15, -0.1) is 0 Å². The number of hydrogen-bond acceptors (Lipinski definition) is 6. The number of nitrogens with zero attached hydrogens (tertiary/aromatic N) is 1. The van der Waals surface area contributed by atoms with Crippen LogP contribution in [0.2, 0.25) is 5.02 Å². The molecule has 0 saturated carbocycles. The van der Waals surface area contributed by atoms with Crippen LogP contribution in [0.5, 0.6) is 5.75 Å². The fourth-order valence-corrected chi connectivity index (χ4v) is 2.72. The highest BCUT2D eigenvalue weighted by atomic mass is 79.9. The van der Waals surface area contributed by atoms with Crippen LogP contribution in [-0.4, -0.2) is 31.7 Å². The van der Waals surface area contributed by atoms with Crippen molar-refractivity contribution >= 4 is 49.8 Å². The van der Waals surface area contributed by atoms with Gasteiger partial charge >= 0.3 is 10.1 Å². The van der Waals surface area contributed by atoms with Gasteiger partial charge in [-0.3, -0.25) is 9.35 Å². The molecule has 11 heteroatoms. The Hall–Kier alpha value is -1.88. The number of ether oxygens (including phenoxy) is 1. The topological polar surface area (TPSA) is 118 Å². The predicted octanol–water partition coefficient (Wildman–Crippen LogP) is 2.47. The molecule has 8 nitrogen and oxygen atoms in total. The van der Waals surface area contributed by atoms with E-state index in [-0.39, 0.29) is 12.4 Å². The summed E-state index contributed by atoms with van der Waals surface area (Å²) >= 11 is 9.04. The normalized spacial score (nSPS) is 11.6. The second-order valence-electron chi connectivity index (χ2n) is 4.29. The lowest BCUT2D eigenvalue weighted by Crippen LogP contribution is -2.24. The van der Waals surface area contributed by atoms with Gasteiger partial charge < -0.3 is 9.15 Å². The van der Waals surface area contributed by atoms with Gasteiger partial charge in [0.2, 0.25) is 5.09 Å². The maximum Gasteiger partial charge on any atom is 0.328 e. The van der Waals surface area contributed by atoms with E-state index in [4.69, 9.17) is 25.3 Å². The first-order valence-corrected chi connectivity index (χ1v) is 8.84. The van der Waals surface area contributed by atoms with Crippen LogP contribution in [0.3, 0.4) is 0 Å². The zero-order valence-electron chi connectivity index (χ0n) is 11.8. The van der Waals surface area contributed by atoms with Crippen LogP contribution in [0, 0.1) is 0 Å². The Morgan fingerprint density at radius 2 is 2.17 bits per heavy atom. The number of hydrogen-bond donors (Lipinski definition) is 2. The molecule has 0 saturated heterocycles. The third kappa shape index (κ3) is 5.34. The minimum atomic E-state index is -4.42. The molecular weight excluding hydrogens is 428 g/mol. The molecule has 0 bridgehead atoms. The predicted molar refractivity (Wildman–Crippen MR) is 88.9 cm³/mol. The summed E-state index contributed by atoms with van der Waals surface area (Å²) in [5, 5.41) is 3.48. The van der Waals surface area contributed by atoms with E-state index in [0.29, 0.717) is 15.2 Å². The Morgan fingerprint density at radius 1 is 1.42 bits per heavy atom. The minimum Gasteiger partial charge on any atom is -0.483 e. The number of nitrogens with one attached hydrogen (secondary N) is 1. The molecule has 1 aromatic carbocycles. The third-order valence-electron chi connectivity index (χ3n) is 2.49. The lowest BCUT2D eigenvalue weighted by molar-refractivity contribution is -0.123. The van der Waals surface area contributed by atoms with Gasteiger partial charge in [0.15, 0.2) is 6.61 Å². The van der Waals surface area contributed by atoms with E-state index in [1.165, 1.54) is 6.07 Å². The molecule has 128 valence electrons. The van der Waals surface area contributed by atoms with Crippen molar-refractivity contribution < 1.29 is 26.9 Å². The molecule has 0 fully saturated rings. The first-order chi connectivity index (χ1) is 11.3. The molecule has 1 heterocycles. The fourth-order valence-electron chi connectivity index (χ4n) is 1.48. The smallest absolute Gasteiger partial charge is 0.328 e. The number of benzene rings is 1. The van der Waals surface area contributed by atoms with Crippen molar-refractivity contribution in [3.8, 4) is 5.75 Å². The lowest BCUT2D eigenvalue weighted by atomic mass is 10.3. The quantitative estimate of drug-likeness (QED) is 0.407. The van der Waals surface area contributed by atoms with Crippen LogP contribution in [0.15, 0.2) is 49.4 Å². The van der Waals surface area contributed by atoms with Gasteiger partial charge in [0.1, 0.15) is 11.5 Å². The van der Waals surface area contributed by atoms with E-state index < -0.39 is 21.1 Å². The van der Waals surface area contributed by atoms with Crippen LogP contribution in [0.25, 0.3) is 0 Å². The summed E-state index contributed by atoms with van der Waals surface area (Å²) in [4.78, 5) is 11.6. The Morgan fingerprint density at radius 3 is 2.79 bits per heavy atom. The molecule has 0 radical (unpaired) electrons. The summed E-state index contributed by atoms with van der Waals surface area (Å²) in [7, 11) is -4.42. The molecule has 2 aromatic rings. The minimum absolute atomic E-state index is 0.0317. The number of carbonyl (C=O) groups excluding carboxylic acids is 1. The largest absolute Gasteiger partial charge is 0.483 e. The molecule has 0 aliphatic heterocycles. The summed E-state index contributed by atoms with van der Waals surface area (Å²) in [5.74, 6) is -0.0821. The van der Waals surface area contributed by atoms with Crippen LogP contribution in [0.1, 0.15) is 5.76 Å². The van der Waals surface area contributed by atoms with Crippen molar-refractivity contribution in [3.63, 3.8) is 0 Å². The Labute approximate surface area is 150 Å². The molecule has 1 aromatic heterocycles. The molecule has 2 N–H and O–H groups in total. The third-order valence-corrected chi connectivity index (χ3v) is 4.07. The van der Waals surface area contributed by atoms with Crippen molar-refractivity contribution in [1.82, 2.24) is 5.43 Å². The molecule has 24 heavy (non-hydrogen) atoms. The summed E-state index contributed by atoms with van der Waals surface area (Å²) in [6, 6.07) is 7.15.